The normalized spacial score (nSPS) is 29.4. The molecule has 2 saturated heterocycles. The Morgan fingerprint density at radius 3 is 2.71 bits per heavy atom. The predicted octanol–water partition coefficient (Wildman–Crippen LogP) is 3.59. The quantitative estimate of drug-likeness (QED) is 0.574. The van der Waals surface area contributed by atoms with E-state index in [0.29, 0.717) is 17.7 Å². The molecule has 0 aromatic rings. The summed E-state index contributed by atoms with van der Waals surface area (Å²) in [7, 11) is 0. The molecule has 0 saturated carbocycles. The zero-order valence-corrected chi connectivity index (χ0v) is 12.3. The molecule has 0 spiro atoms. The minimum atomic E-state index is -4.26. The van der Waals surface area contributed by atoms with Crippen LogP contribution in [0.4, 0.5) is 13.2 Å². The van der Waals surface area contributed by atoms with Crippen molar-refractivity contribution in [1.29, 1.82) is 5.41 Å². The first-order valence-corrected chi connectivity index (χ1v) is 7.37. The molecule has 118 valence electrons. The summed E-state index contributed by atoms with van der Waals surface area (Å²) in [4.78, 5) is 1.95. The lowest BCUT2D eigenvalue weighted by atomic mass is 9.97. The van der Waals surface area contributed by atoms with E-state index < -0.39 is 12.2 Å². The Morgan fingerprint density at radius 1 is 1.38 bits per heavy atom. The minimum absolute atomic E-state index is 0.00707. The third kappa shape index (κ3) is 3.80. The molecule has 2 N–H and O–H groups in total. The number of piperidine rings is 2. The van der Waals surface area contributed by atoms with Crippen molar-refractivity contribution in [3.05, 3.63) is 23.9 Å². The minimum Gasteiger partial charge on any atom is -0.374 e. The molecule has 0 amide bonds. The predicted molar refractivity (Wildman–Crippen MR) is 77.2 cm³/mol. The molecule has 6 heteroatoms. The van der Waals surface area contributed by atoms with Gasteiger partial charge in [-0.2, -0.15) is 13.2 Å². The third-order valence-electron chi connectivity index (χ3n) is 4.23. The SMILES string of the molecule is C=C1CCC(C(F)(F)F)N/C1=C\C(=N)N1CCCCC1C. The largest absolute Gasteiger partial charge is 0.408 e. The van der Waals surface area contributed by atoms with E-state index in [1.807, 2.05) is 11.8 Å². The Morgan fingerprint density at radius 2 is 2.10 bits per heavy atom. The Bertz CT molecular complexity index is 454. The van der Waals surface area contributed by atoms with Gasteiger partial charge >= 0.3 is 6.18 Å². The van der Waals surface area contributed by atoms with Gasteiger partial charge in [-0.05, 0) is 44.6 Å². The lowest BCUT2D eigenvalue weighted by molar-refractivity contribution is -0.156. The van der Waals surface area contributed by atoms with Crippen molar-refractivity contribution in [2.45, 2.75) is 57.3 Å². The molecule has 2 aliphatic heterocycles. The zero-order valence-electron chi connectivity index (χ0n) is 12.3. The van der Waals surface area contributed by atoms with Crippen LogP contribution in [0.15, 0.2) is 23.9 Å². The number of alkyl halides is 3. The first-order valence-electron chi connectivity index (χ1n) is 7.37. The van der Waals surface area contributed by atoms with Gasteiger partial charge in [0.15, 0.2) is 0 Å². The Balaban J connectivity index is 2.10. The average Bonchev–Trinajstić information content (AvgIpc) is 2.40. The van der Waals surface area contributed by atoms with Crippen LogP contribution in [0.3, 0.4) is 0 Å². The zero-order chi connectivity index (χ0) is 15.6. The summed E-state index contributed by atoms with van der Waals surface area (Å²) in [5.74, 6) is 0.272. The maximum Gasteiger partial charge on any atom is 0.408 e. The lowest BCUT2D eigenvalue weighted by Crippen LogP contribution is -2.46. The molecular formula is C15H22F3N3. The second-order valence-electron chi connectivity index (χ2n) is 5.86. The lowest BCUT2D eigenvalue weighted by Gasteiger charge is -2.35. The van der Waals surface area contributed by atoms with E-state index in [1.165, 1.54) is 6.08 Å². The molecule has 21 heavy (non-hydrogen) atoms. The van der Waals surface area contributed by atoms with Crippen molar-refractivity contribution in [3.63, 3.8) is 0 Å². The van der Waals surface area contributed by atoms with Crippen LogP contribution in [0, 0.1) is 5.41 Å². The highest BCUT2D eigenvalue weighted by atomic mass is 19.4. The average molecular weight is 301 g/mol. The summed E-state index contributed by atoms with van der Waals surface area (Å²) >= 11 is 0. The van der Waals surface area contributed by atoms with Crippen molar-refractivity contribution in [2.75, 3.05) is 6.54 Å². The molecule has 0 bridgehead atoms. The Kier molecular flexibility index (Phi) is 4.64. The summed E-state index contributed by atoms with van der Waals surface area (Å²) in [6, 6.07) is -1.28. The van der Waals surface area contributed by atoms with Crippen LogP contribution in [0.1, 0.15) is 39.0 Å². The fraction of sp³-hybridized carbons (Fsp3) is 0.667. The van der Waals surface area contributed by atoms with Crippen molar-refractivity contribution >= 4 is 5.84 Å². The maximum absolute atomic E-state index is 12.8. The van der Waals surface area contributed by atoms with Crippen LogP contribution in [0.2, 0.25) is 0 Å². The molecule has 0 radical (unpaired) electrons. The van der Waals surface area contributed by atoms with E-state index in [9.17, 15) is 13.2 Å². The van der Waals surface area contributed by atoms with Gasteiger partial charge in [-0.15, -0.1) is 0 Å². The summed E-state index contributed by atoms with van der Waals surface area (Å²) in [5.41, 5.74) is 0.997. The van der Waals surface area contributed by atoms with Gasteiger partial charge in [0.05, 0.1) is 0 Å². The highest BCUT2D eigenvalue weighted by molar-refractivity contribution is 5.91. The van der Waals surface area contributed by atoms with Gasteiger partial charge in [-0.1, -0.05) is 6.58 Å². The number of hydrogen-bond donors (Lipinski definition) is 2. The number of nitrogens with zero attached hydrogens (tertiary/aromatic N) is 1. The molecule has 0 aromatic heterocycles. The van der Waals surface area contributed by atoms with Crippen LogP contribution in [-0.4, -0.2) is 35.5 Å². The van der Waals surface area contributed by atoms with E-state index in [0.717, 1.165) is 25.8 Å². The molecule has 2 fully saturated rings. The topological polar surface area (TPSA) is 39.1 Å². The summed E-state index contributed by atoms with van der Waals surface area (Å²) in [6.07, 6.45) is 0.741. The molecule has 2 heterocycles. The first kappa shape index (κ1) is 15.9. The number of nitrogens with one attached hydrogen (secondary N) is 2. The number of rotatable bonds is 1. The monoisotopic (exact) mass is 301 g/mol. The highest BCUT2D eigenvalue weighted by Crippen LogP contribution is 2.31. The molecule has 0 aromatic carbocycles. The van der Waals surface area contributed by atoms with Gasteiger partial charge in [0.1, 0.15) is 11.9 Å². The molecule has 3 nitrogen and oxygen atoms in total. The van der Waals surface area contributed by atoms with Crippen LogP contribution >= 0.6 is 0 Å². The number of hydrogen-bond acceptors (Lipinski definition) is 2. The van der Waals surface area contributed by atoms with Crippen LogP contribution in [0.5, 0.6) is 0 Å². The van der Waals surface area contributed by atoms with Gasteiger partial charge in [0, 0.05) is 24.4 Å². The van der Waals surface area contributed by atoms with Gasteiger partial charge in [-0.25, -0.2) is 0 Å². The summed E-state index contributed by atoms with van der Waals surface area (Å²) < 4.78 is 38.4. The number of halogens is 3. The first-order chi connectivity index (χ1) is 9.79. The van der Waals surface area contributed by atoms with Crippen LogP contribution < -0.4 is 5.32 Å². The second kappa shape index (κ2) is 6.12. The van der Waals surface area contributed by atoms with Crippen molar-refractivity contribution in [3.8, 4) is 0 Å². The standard InChI is InChI=1S/C15H22F3N3/c1-10-6-7-13(15(16,17)18)20-12(10)9-14(19)21-8-4-3-5-11(21)2/h9,11,13,19-20H,1,3-8H2,2H3/b12-9-,19-14?. The fourth-order valence-electron chi connectivity index (χ4n) is 2.88. The summed E-state index contributed by atoms with van der Waals surface area (Å²) in [5, 5.41) is 10.6. The molecule has 2 atom stereocenters. The molecule has 0 aliphatic carbocycles. The van der Waals surface area contributed by atoms with E-state index >= 15 is 0 Å². The number of amidine groups is 1. The van der Waals surface area contributed by atoms with Crippen molar-refractivity contribution in [1.82, 2.24) is 10.2 Å². The van der Waals surface area contributed by atoms with Crippen molar-refractivity contribution in [2.24, 2.45) is 0 Å². The summed E-state index contributed by atoms with van der Waals surface area (Å²) in [6.45, 7) is 6.66. The number of likely N-dealkylation sites (tertiary alicyclic amines) is 1. The third-order valence-corrected chi connectivity index (χ3v) is 4.23. The van der Waals surface area contributed by atoms with Gasteiger partial charge in [-0.3, -0.25) is 5.41 Å². The molecular weight excluding hydrogens is 279 g/mol. The molecule has 2 aliphatic rings. The fourth-order valence-corrected chi connectivity index (χ4v) is 2.88. The van der Waals surface area contributed by atoms with Crippen LogP contribution in [0.25, 0.3) is 0 Å². The second-order valence-corrected chi connectivity index (χ2v) is 5.86. The molecule has 2 unspecified atom stereocenters. The Hall–Kier alpha value is -1.46. The van der Waals surface area contributed by atoms with Gasteiger partial charge < -0.3 is 10.2 Å². The van der Waals surface area contributed by atoms with E-state index in [4.69, 9.17) is 5.41 Å². The van der Waals surface area contributed by atoms with E-state index in [-0.39, 0.29) is 18.3 Å². The smallest absolute Gasteiger partial charge is 0.374 e. The Labute approximate surface area is 123 Å². The highest BCUT2D eigenvalue weighted by Gasteiger charge is 2.41. The van der Waals surface area contributed by atoms with Gasteiger partial charge in [0.25, 0.3) is 0 Å². The van der Waals surface area contributed by atoms with E-state index in [1.54, 1.807) is 0 Å². The van der Waals surface area contributed by atoms with Crippen molar-refractivity contribution < 1.29 is 13.2 Å². The van der Waals surface area contributed by atoms with Crippen LogP contribution in [-0.2, 0) is 0 Å². The maximum atomic E-state index is 12.8. The van der Waals surface area contributed by atoms with E-state index in [2.05, 4.69) is 11.9 Å². The molecule has 2 rings (SSSR count). The number of allylic oxidation sites excluding steroid dienone is 1. The van der Waals surface area contributed by atoms with Gasteiger partial charge in [0.2, 0.25) is 0 Å².